The van der Waals surface area contributed by atoms with Crippen molar-refractivity contribution in [1.82, 2.24) is 10.2 Å². The fourth-order valence-corrected chi connectivity index (χ4v) is 3.62. The fraction of sp³-hybridized carbons (Fsp3) is 0.684. The van der Waals surface area contributed by atoms with Gasteiger partial charge in [-0.15, -0.1) is 0 Å². The standard InChI is InChI=1S/C19H32N2/c1-14(2)21(13-18-6-8-20-9-7-18)17(5)19-11-15(3)10-16(4)12-19/h10-12,14,17-18,20H,6-9,13H2,1-5H3. The first-order valence-corrected chi connectivity index (χ1v) is 8.52. The Kier molecular flexibility index (Phi) is 5.83. The molecule has 2 nitrogen and oxygen atoms in total. The Morgan fingerprint density at radius 1 is 1.05 bits per heavy atom. The lowest BCUT2D eigenvalue weighted by Gasteiger charge is -2.37. The van der Waals surface area contributed by atoms with E-state index in [4.69, 9.17) is 0 Å². The van der Waals surface area contributed by atoms with Gasteiger partial charge in [0.15, 0.2) is 0 Å². The molecule has 118 valence electrons. The van der Waals surface area contributed by atoms with Crippen LogP contribution in [-0.2, 0) is 0 Å². The van der Waals surface area contributed by atoms with Crippen LogP contribution in [0.3, 0.4) is 0 Å². The first-order chi connectivity index (χ1) is 9.97. The normalized spacial score (nSPS) is 18.4. The highest BCUT2D eigenvalue weighted by Crippen LogP contribution is 2.27. The van der Waals surface area contributed by atoms with Crippen LogP contribution in [0.1, 0.15) is 56.3 Å². The Balaban J connectivity index is 2.12. The fourth-order valence-electron chi connectivity index (χ4n) is 3.62. The van der Waals surface area contributed by atoms with E-state index in [0.717, 1.165) is 5.92 Å². The summed E-state index contributed by atoms with van der Waals surface area (Å²) in [6.07, 6.45) is 2.64. The van der Waals surface area contributed by atoms with Crippen LogP contribution < -0.4 is 5.32 Å². The number of rotatable bonds is 5. The van der Waals surface area contributed by atoms with Crippen LogP contribution in [0, 0.1) is 19.8 Å². The molecule has 0 amide bonds. The largest absolute Gasteiger partial charge is 0.317 e. The molecule has 1 fully saturated rings. The Hall–Kier alpha value is -0.860. The third-order valence-corrected chi connectivity index (χ3v) is 4.81. The van der Waals surface area contributed by atoms with E-state index in [0.29, 0.717) is 12.1 Å². The van der Waals surface area contributed by atoms with Gasteiger partial charge < -0.3 is 5.32 Å². The van der Waals surface area contributed by atoms with E-state index < -0.39 is 0 Å². The van der Waals surface area contributed by atoms with Crippen LogP contribution in [0.5, 0.6) is 0 Å². The Bertz CT molecular complexity index is 427. The molecule has 1 heterocycles. The summed E-state index contributed by atoms with van der Waals surface area (Å²) in [6.45, 7) is 15.1. The van der Waals surface area contributed by atoms with Gasteiger partial charge >= 0.3 is 0 Å². The molecule has 1 unspecified atom stereocenters. The molecule has 0 aromatic heterocycles. The first kappa shape index (κ1) is 16.5. The van der Waals surface area contributed by atoms with Gasteiger partial charge in [0.1, 0.15) is 0 Å². The quantitative estimate of drug-likeness (QED) is 0.878. The maximum atomic E-state index is 3.47. The van der Waals surface area contributed by atoms with Gasteiger partial charge in [-0.2, -0.15) is 0 Å². The average molecular weight is 288 g/mol. The molecule has 0 bridgehead atoms. The molecule has 0 saturated carbocycles. The molecule has 1 saturated heterocycles. The minimum absolute atomic E-state index is 0.499. The van der Waals surface area contributed by atoms with E-state index in [9.17, 15) is 0 Å². The zero-order valence-corrected chi connectivity index (χ0v) is 14.4. The van der Waals surface area contributed by atoms with Crippen LogP contribution >= 0.6 is 0 Å². The summed E-state index contributed by atoms with van der Waals surface area (Å²) >= 11 is 0. The number of aryl methyl sites for hydroxylation is 2. The van der Waals surface area contributed by atoms with E-state index in [1.165, 1.54) is 49.2 Å². The number of piperidine rings is 1. The summed E-state index contributed by atoms with van der Waals surface area (Å²) < 4.78 is 0. The number of nitrogens with one attached hydrogen (secondary N) is 1. The second kappa shape index (κ2) is 7.42. The highest BCUT2D eigenvalue weighted by Gasteiger charge is 2.23. The number of nitrogens with zero attached hydrogens (tertiary/aromatic N) is 1. The second-order valence-corrected chi connectivity index (χ2v) is 7.08. The van der Waals surface area contributed by atoms with Crippen LogP contribution in [-0.4, -0.2) is 30.6 Å². The van der Waals surface area contributed by atoms with Crippen molar-refractivity contribution in [3.63, 3.8) is 0 Å². The summed E-state index contributed by atoms with van der Waals surface area (Å²) in [5.74, 6) is 0.849. The lowest BCUT2D eigenvalue weighted by Crippen LogP contribution is -2.40. The van der Waals surface area contributed by atoms with Crippen LogP contribution in [0.15, 0.2) is 18.2 Å². The van der Waals surface area contributed by atoms with Crippen molar-refractivity contribution in [2.45, 2.75) is 59.5 Å². The van der Waals surface area contributed by atoms with Gasteiger partial charge in [-0.3, -0.25) is 4.90 Å². The van der Waals surface area contributed by atoms with E-state index in [2.05, 4.69) is 63.0 Å². The van der Waals surface area contributed by atoms with Crippen molar-refractivity contribution in [3.8, 4) is 0 Å². The van der Waals surface area contributed by atoms with Crippen molar-refractivity contribution < 1.29 is 0 Å². The summed E-state index contributed by atoms with van der Waals surface area (Å²) in [4.78, 5) is 2.68. The van der Waals surface area contributed by atoms with Crippen LogP contribution in [0.2, 0.25) is 0 Å². The minimum Gasteiger partial charge on any atom is -0.317 e. The van der Waals surface area contributed by atoms with E-state index in [1.54, 1.807) is 0 Å². The topological polar surface area (TPSA) is 15.3 Å². The Morgan fingerprint density at radius 3 is 2.14 bits per heavy atom. The van der Waals surface area contributed by atoms with Gasteiger partial charge in [0, 0.05) is 18.6 Å². The molecule has 1 aromatic carbocycles. The van der Waals surface area contributed by atoms with E-state index in [1.807, 2.05) is 0 Å². The van der Waals surface area contributed by atoms with Crippen molar-refractivity contribution in [2.24, 2.45) is 5.92 Å². The Morgan fingerprint density at radius 2 is 1.62 bits per heavy atom. The molecule has 0 radical (unpaired) electrons. The first-order valence-electron chi connectivity index (χ1n) is 8.52. The molecule has 2 heteroatoms. The van der Waals surface area contributed by atoms with Gasteiger partial charge in [-0.05, 0) is 72.0 Å². The van der Waals surface area contributed by atoms with Gasteiger partial charge in [0.2, 0.25) is 0 Å². The molecule has 1 atom stereocenters. The molecule has 2 rings (SSSR count). The smallest absolute Gasteiger partial charge is 0.0322 e. The van der Waals surface area contributed by atoms with E-state index >= 15 is 0 Å². The van der Waals surface area contributed by atoms with Gasteiger partial charge in [-0.25, -0.2) is 0 Å². The minimum atomic E-state index is 0.499. The number of benzene rings is 1. The molecular weight excluding hydrogens is 256 g/mol. The maximum absolute atomic E-state index is 3.47. The monoisotopic (exact) mass is 288 g/mol. The molecular formula is C19H32N2. The molecule has 1 aromatic rings. The summed E-state index contributed by atoms with van der Waals surface area (Å²) in [7, 11) is 0. The average Bonchev–Trinajstić information content (AvgIpc) is 2.44. The van der Waals surface area contributed by atoms with Crippen molar-refractivity contribution >= 4 is 0 Å². The molecule has 1 aliphatic heterocycles. The van der Waals surface area contributed by atoms with Gasteiger partial charge in [-0.1, -0.05) is 29.3 Å². The van der Waals surface area contributed by atoms with Crippen molar-refractivity contribution in [1.29, 1.82) is 0 Å². The lowest BCUT2D eigenvalue weighted by atomic mass is 9.94. The van der Waals surface area contributed by atoms with E-state index in [-0.39, 0.29) is 0 Å². The zero-order chi connectivity index (χ0) is 15.4. The summed E-state index contributed by atoms with van der Waals surface area (Å²) in [6, 6.07) is 8.07. The zero-order valence-electron chi connectivity index (χ0n) is 14.4. The van der Waals surface area contributed by atoms with Gasteiger partial charge in [0.05, 0.1) is 0 Å². The molecule has 0 spiro atoms. The maximum Gasteiger partial charge on any atom is 0.0322 e. The lowest BCUT2D eigenvalue weighted by molar-refractivity contribution is 0.125. The molecule has 21 heavy (non-hydrogen) atoms. The summed E-state index contributed by atoms with van der Waals surface area (Å²) in [5.41, 5.74) is 4.22. The third-order valence-electron chi connectivity index (χ3n) is 4.81. The second-order valence-electron chi connectivity index (χ2n) is 7.08. The van der Waals surface area contributed by atoms with Crippen molar-refractivity contribution in [3.05, 3.63) is 34.9 Å². The third kappa shape index (κ3) is 4.55. The Labute approximate surface area is 130 Å². The highest BCUT2D eigenvalue weighted by atomic mass is 15.2. The number of hydrogen-bond donors (Lipinski definition) is 1. The van der Waals surface area contributed by atoms with Crippen LogP contribution in [0.25, 0.3) is 0 Å². The molecule has 1 aliphatic rings. The summed E-state index contributed by atoms with van der Waals surface area (Å²) in [5, 5.41) is 3.47. The van der Waals surface area contributed by atoms with Crippen molar-refractivity contribution in [2.75, 3.05) is 19.6 Å². The SMILES string of the molecule is Cc1cc(C)cc(C(C)N(CC2CCNCC2)C(C)C)c1. The molecule has 1 N–H and O–H groups in total. The number of hydrogen-bond acceptors (Lipinski definition) is 2. The molecule has 0 aliphatic carbocycles. The highest BCUT2D eigenvalue weighted by molar-refractivity contribution is 5.30. The van der Waals surface area contributed by atoms with Gasteiger partial charge in [0.25, 0.3) is 0 Å². The predicted octanol–water partition coefficient (Wildman–Crippen LogP) is 4.07. The van der Waals surface area contributed by atoms with Crippen LogP contribution in [0.4, 0.5) is 0 Å². The predicted molar refractivity (Wildman–Crippen MR) is 91.8 cm³/mol.